The van der Waals surface area contributed by atoms with Crippen LogP contribution in [0.25, 0.3) is 21.8 Å². The van der Waals surface area contributed by atoms with E-state index >= 15 is 0 Å². The molecule has 116 valence electrons. The summed E-state index contributed by atoms with van der Waals surface area (Å²) in [6.07, 6.45) is 0. The molecule has 0 fully saturated rings. The highest BCUT2D eigenvalue weighted by Gasteiger charge is 2.13. The minimum Gasteiger partial charge on any atom is -0.548 e. The van der Waals surface area contributed by atoms with E-state index in [1.54, 1.807) is 0 Å². The van der Waals surface area contributed by atoms with Crippen LogP contribution in [0.5, 0.6) is 0 Å². The molecule has 0 radical (unpaired) electrons. The molecule has 0 saturated carbocycles. The maximum atomic E-state index is 11.7. The highest BCUT2D eigenvalue weighted by atomic mass is 16.4. The monoisotopic (exact) mass is 309 g/mol. The third-order valence-electron chi connectivity index (χ3n) is 3.52. The molecule has 0 atom stereocenters. The van der Waals surface area contributed by atoms with Crippen LogP contribution in [-0.2, 0) is 9.59 Å². The van der Waals surface area contributed by atoms with E-state index in [0.29, 0.717) is 0 Å². The number of carbonyl (C=O) groups excluding carboxylic acids is 2. The van der Waals surface area contributed by atoms with Gasteiger partial charge in [0.1, 0.15) is 0 Å². The van der Waals surface area contributed by atoms with E-state index in [0.717, 1.165) is 27.5 Å². The Kier molecular flexibility index (Phi) is 4.05. The van der Waals surface area contributed by atoms with Crippen LogP contribution >= 0.6 is 0 Å². The number of carboxylic acid groups (broad SMARTS) is 1. The number of nitrogens with one attached hydrogen (secondary N) is 3. The van der Waals surface area contributed by atoms with Crippen molar-refractivity contribution in [3.63, 3.8) is 0 Å². The standard InChI is InChI=1S/C17H15N3O3/c21-15(18-10-16(22)23)9-19-17-11-5-1-3-7-13(11)20-14-8-4-2-6-12(14)17/h1-8H,9-10H2,(H,18,21)(H,19,20)(H,22,23). The molecule has 6 nitrogen and oxygen atoms in total. The number of hydrogen-bond acceptors (Lipinski definition) is 4. The number of carboxylic acids is 1. The first kappa shape index (κ1) is 14.8. The molecule has 0 unspecified atom stereocenters. The molecular formula is C17H15N3O3. The van der Waals surface area contributed by atoms with Crippen LogP contribution < -0.4 is 20.7 Å². The first-order valence-electron chi connectivity index (χ1n) is 7.18. The molecule has 23 heavy (non-hydrogen) atoms. The topological polar surface area (TPSA) is 95.4 Å². The van der Waals surface area contributed by atoms with Crippen molar-refractivity contribution in [2.45, 2.75) is 0 Å². The van der Waals surface area contributed by atoms with Gasteiger partial charge in [0.05, 0.1) is 35.5 Å². The van der Waals surface area contributed by atoms with Crippen molar-refractivity contribution < 1.29 is 19.7 Å². The van der Waals surface area contributed by atoms with Gasteiger partial charge in [-0.25, -0.2) is 4.98 Å². The number of pyridine rings is 1. The average Bonchev–Trinajstić information content (AvgIpc) is 2.56. The third-order valence-corrected chi connectivity index (χ3v) is 3.52. The lowest BCUT2D eigenvalue weighted by atomic mass is 10.1. The molecule has 6 heteroatoms. The Bertz CT molecular complexity index is 839. The van der Waals surface area contributed by atoms with Gasteiger partial charge in [-0.15, -0.1) is 0 Å². The summed E-state index contributed by atoms with van der Waals surface area (Å²) in [5, 5.41) is 17.7. The number of rotatable bonds is 5. The first-order chi connectivity index (χ1) is 11.1. The highest BCUT2D eigenvalue weighted by Crippen LogP contribution is 2.28. The second kappa shape index (κ2) is 6.31. The minimum atomic E-state index is -1.32. The number of fused-ring (bicyclic) bond motifs is 2. The Balaban J connectivity index is 1.94. The first-order valence-corrected chi connectivity index (χ1v) is 7.18. The predicted molar refractivity (Wildman–Crippen MR) is 84.5 cm³/mol. The number of para-hydroxylation sites is 2. The van der Waals surface area contributed by atoms with Crippen LogP contribution in [0.15, 0.2) is 48.5 Å². The number of amides is 1. The minimum absolute atomic E-state index is 0.0225. The van der Waals surface area contributed by atoms with E-state index in [1.165, 1.54) is 0 Å². The molecule has 0 aliphatic rings. The normalized spacial score (nSPS) is 10.6. The molecule has 3 N–H and O–H groups in total. The summed E-state index contributed by atoms with van der Waals surface area (Å²) in [5.74, 6) is -1.72. The number of aromatic amines is 1. The fourth-order valence-corrected chi connectivity index (χ4v) is 2.50. The quantitative estimate of drug-likeness (QED) is 0.653. The van der Waals surface area contributed by atoms with Crippen LogP contribution in [0.4, 0.5) is 5.69 Å². The lowest BCUT2D eigenvalue weighted by Crippen LogP contribution is -2.40. The van der Waals surface area contributed by atoms with Crippen molar-refractivity contribution in [1.29, 1.82) is 0 Å². The SMILES string of the molecule is O=C([O-])CNC(=O)CNc1c2ccccc2[nH+]c2ccccc12. The zero-order valence-corrected chi connectivity index (χ0v) is 12.3. The fourth-order valence-electron chi connectivity index (χ4n) is 2.50. The smallest absolute Gasteiger partial charge is 0.239 e. The molecule has 1 amide bonds. The summed E-state index contributed by atoms with van der Waals surface area (Å²) in [4.78, 5) is 25.4. The van der Waals surface area contributed by atoms with E-state index in [-0.39, 0.29) is 6.54 Å². The van der Waals surface area contributed by atoms with Crippen molar-refractivity contribution in [3.8, 4) is 0 Å². The summed E-state index contributed by atoms with van der Waals surface area (Å²) in [5.41, 5.74) is 2.73. The van der Waals surface area contributed by atoms with Gasteiger partial charge >= 0.3 is 0 Å². The number of aromatic nitrogens is 1. The number of benzene rings is 2. The van der Waals surface area contributed by atoms with Gasteiger partial charge in [0.25, 0.3) is 0 Å². The van der Waals surface area contributed by atoms with Crippen molar-refractivity contribution >= 4 is 39.4 Å². The van der Waals surface area contributed by atoms with E-state index < -0.39 is 18.4 Å². The summed E-state index contributed by atoms with van der Waals surface area (Å²) < 4.78 is 0. The van der Waals surface area contributed by atoms with Gasteiger partial charge in [0.2, 0.25) is 16.9 Å². The molecule has 1 aromatic heterocycles. The van der Waals surface area contributed by atoms with Gasteiger partial charge < -0.3 is 20.5 Å². The van der Waals surface area contributed by atoms with Crippen LogP contribution in [0, 0.1) is 0 Å². The van der Waals surface area contributed by atoms with Crippen molar-refractivity contribution in [2.75, 3.05) is 18.4 Å². The number of H-pyrrole nitrogens is 1. The van der Waals surface area contributed by atoms with Crippen molar-refractivity contribution in [1.82, 2.24) is 5.32 Å². The summed E-state index contributed by atoms with van der Waals surface area (Å²) in [6.45, 7) is -0.518. The van der Waals surface area contributed by atoms with Crippen LogP contribution in [0.2, 0.25) is 0 Å². The van der Waals surface area contributed by atoms with Crippen molar-refractivity contribution in [3.05, 3.63) is 48.5 Å². The molecule has 0 aliphatic heterocycles. The Labute approximate surface area is 132 Å². The number of aliphatic carboxylic acids is 1. The molecule has 3 aromatic rings. The average molecular weight is 309 g/mol. The molecule has 3 rings (SSSR count). The Morgan fingerprint density at radius 3 is 2.04 bits per heavy atom. The van der Waals surface area contributed by atoms with Gasteiger partial charge in [-0.05, 0) is 12.1 Å². The zero-order valence-electron chi connectivity index (χ0n) is 12.3. The van der Waals surface area contributed by atoms with Crippen LogP contribution in [-0.4, -0.2) is 25.0 Å². The molecular weight excluding hydrogens is 294 g/mol. The van der Waals surface area contributed by atoms with Crippen molar-refractivity contribution in [2.24, 2.45) is 0 Å². The molecule has 0 aliphatic carbocycles. The van der Waals surface area contributed by atoms with Gasteiger partial charge in [0, 0.05) is 12.1 Å². The second-order valence-electron chi connectivity index (χ2n) is 5.09. The Hall–Kier alpha value is -3.15. The summed E-state index contributed by atoms with van der Waals surface area (Å²) >= 11 is 0. The number of carbonyl (C=O) groups is 2. The number of hydrogen-bond donors (Lipinski definition) is 2. The maximum absolute atomic E-state index is 11.7. The lowest BCUT2D eigenvalue weighted by molar-refractivity contribution is -0.310. The fraction of sp³-hybridized carbons (Fsp3) is 0.118. The van der Waals surface area contributed by atoms with Gasteiger partial charge in [-0.3, -0.25) is 4.79 Å². The summed E-state index contributed by atoms with van der Waals surface area (Å²) in [6, 6.07) is 15.6. The van der Waals surface area contributed by atoms with Gasteiger partial charge in [-0.1, -0.05) is 24.3 Å². The van der Waals surface area contributed by atoms with Gasteiger partial charge in [-0.2, -0.15) is 0 Å². The predicted octanol–water partition coefficient (Wildman–Crippen LogP) is 0.0851. The van der Waals surface area contributed by atoms with E-state index in [1.807, 2.05) is 48.5 Å². The van der Waals surface area contributed by atoms with Crippen LogP contribution in [0.3, 0.4) is 0 Å². The van der Waals surface area contributed by atoms with Gasteiger partial charge in [0.15, 0.2) is 0 Å². The van der Waals surface area contributed by atoms with E-state index in [4.69, 9.17) is 0 Å². The lowest BCUT2D eigenvalue weighted by Gasteiger charge is -2.11. The zero-order chi connectivity index (χ0) is 16.2. The molecule has 0 spiro atoms. The Morgan fingerprint density at radius 1 is 0.913 bits per heavy atom. The largest absolute Gasteiger partial charge is 0.548 e. The highest BCUT2D eigenvalue weighted by molar-refractivity contribution is 6.05. The van der Waals surface area contributed by atoms with E-state index in [9.17, 15) is 14.7 Å². The summed E-state index contributed by atoms with van der Waals surface area (Å²) in [7, 11) is 0. The molecule has 2 aromatic carbocycles. The molecule has 1 heterocycles. The molecule has 0 bridgehead atoms. The maximum Gasteiger partial charge on any atom is 0.239 e. The van der Waals surface area contributed by atoms with E-state index in [2.05, 4.69) is 15.6 Å². The third kappa shape index (κ3) is 3.21. The second-order valence-corrected chi connectivity index (χ2v) is 5.09. The van der Waals surface area contributed by atoms with Crippen LogP contribution in [0.1, 0.15) is 0 Å². The number of anilines is 1. The molecule has 0 saturated heterocycles. The Morgan fingerprint density at radius 2 is 1.48 bits per heavy atom.